The molecular formula is C26H21F3N6O6S. The average molecular weight is 603 g/mol. The Morgan fingerprint density at radius 3 is 2.57 bits per heavy atom. The van der Waals surface area contributed by atoms with Crippen LogP contribution in [0.25, 0.3) is 27.0 Å². The van der Waals surface area contributed by atoms with Crippen LogP contribution in [0, 0.1) is 17.5 Å². The summed E-state index contributed by atoms with van der Waals surface area (Å²) in [5.41, 5.74) is 0.390. The van der Waals surface area contributed by atoms with Gasteiger partial charge in [0.05, 0.1) is 19.9 Å². The number of aliphatic hydroxyl groups excluding tert-OH is 3. The number of aromatic nitrogens is 6. The number of halogens is 3. The van der Waals surface area contributed by atoms with Crippen molar-refractivity contribution in [1.82, 2.24) is 29.8 Å². The second kappa shape index (κ2) is 10.9. The molecule has 1 fully saturated rings. The number of thiophene rings is 1. The van der Waals surface area contributed by atoms with Gasteiger partial charge >= 0.3 is 5.97 Å². The smallest absolute Gasteiger partial charge is 0.348 e. The molecule has 0 unspecified atom stereocenters. The number of carbonyl (C=O) groups is 1. The molecule has 4 heterocycles. The van der Waals surface area contributed by atoms with Crippen LogP contribution in [-0.4, -0.2) is 83.1 Å². The lowest BCUT2D eigenvalue weighted by atomic mass is 9.92. The first-order valence-corrected chi connectivity index (χ1v) is 13.2. The summed E-state index contributed by atoms with van der Waals surface area (Å²) >= 11 is 1.23. The van der Waals surface area contributed by atoms with Crippen LogP contribution in [0.3, 0.4) is 0 Å². The highest BCUT2D eigenvalue weighted by Gasteiger charge is 2.48. The largest absolute Gasteiger partial charge is 0.465 e. The summed E-state index contributed by atoms with van der Waals surface area (Å²) in [7, 11) is 1.30. The molecule has 5 aromatic rings. The van der Waals surface area contributed by atoms with Crippen LogP contribution in [0.15, 0.2) is 48.9 Å². The Morgan fingerprint density at radius 2 is 1.86 bits per heavy atom. The van der Waals surface area contributed by atoms with Crippen molar-refractivity contribution in [2.45, 2.75) is 30.5 Å². The number of fused-ring (bicyclic) bond motifs is 1. The number of ether oxygens (including phenoxy) is 2. The number of nitrogens with zero attached hydrogens (tertiary/aromatic N) is 6. The molecular weight excluding hydrogens is 581 g/mol. The lowest BCUT2D eigenvalue weighted by Crippen LogP contribution is -2.53. The van der Waals surface area contributed by atoms with E-state index in [9.17, 15) is 33.3 Å². The van der Waals surface area contributed by atoms with Gasteiger partial charge in [-0.05, 0) is 35.7 Å². The normalized spacial score (nSPS) is 22.5. The van der Waals surface area contributed by atoms with E-state index in [1.807, 2.05) is 0 Å². The number of methoxy groups -OCH3 is 1. The van der Waals surface area contributed by atoms with Gasteiger partial charge in [0.15, 0.2) is 23.3 Å². The van der Waals surface area contributed by atoms with E-state index < -0.39 is 60.5 Å². The second-order valence-electron chi connectivity index (χ2n) is 9.47. The molecule has 3 N–H and O–H groups in total. The first-order valence-electron chi connectivity index (χ1n) is 12.4. The lowest BCUT2D eigenvalue weighted by Gasteiger charge is -2.41. The lowest BCUT2D eigenvalue weighted by molar-refractivity contribution is -0.210. The van der Waals surface area contributed by atoms with Crippen molar-refractivity contribution >= 4 is 27.4 Å². The minimum atomic E-state index is -1.64. The van der Waals surface area contributed by atoms with E-state index in [-0.39, 0.29) is 17.1 Å². The van der Waals surface area contributed by atoms with E-state index in [1.165, 1.54) is 31.0 Å². The first kappa shape index (κ1) is 27.9. The average Bonchev–Trinajstić information content (AvgIpc) is 3.75. The molecule has 5 atom stereocenters. The molecule has 16 heteroatoms. The summed E-state index contributed by atoms with van der Waals surface area (Å²) in [5.74, 6) is -4.82. The second-order valence-corrected chi connectivity index (χ2v) is 10.6. The quantitative estimate of drug-likeness (QED) is 0.195. The van der Waals surface area contributed by atoms with Gasteiger partial charge < -0.3 is 24.8 Å². The Balaban J connectivity index is 1.35. The minimum absolute atomic E-state index is 0.0606. The van der Waals surface area contributed by atoms with E-state index in [2.05, 4.69) is 20.5 Å². The van der Waals surface area contributed by atoms with Gasteiger partial charge in [0, 0.05) is 16.0 Å². The molecule has 0 aliphatic carbocycles. The van der Waals surface area contributed by atoms with Crippen molar-refractivity contribution in [2.75, 3.05) is 13.7 Å². The monoisotopic (exact) mass is 602 g/mol. The van der Waals surface area contributed by atoms with Crippen LogP contribution in [0.1, 0.15) is 27.6 Å². The van der Waals surface area contributed by atoms with Gasteiger partial charge in [0.2, 0.25) is 0 Å². The molecule has 1 saturated heterocycles. The highest BCUT2D eigenvalue weighted by Crippen LogP contribution is 2.39. The van der Waals surface area contributed by atoms with Crippen LogP contribution in [0.5, 0.6) is 0 Å². The van der Waals surface area contributed by atoms with Gasteiger partial charge in [-0.15, -0.1) is 26.6 Å². The van der Waals surface area contributed by atoms with Crippen molar-refractivity contribution in [1.29, 1.82) is 0 Å². The summed E-state index contributed by atoms with van der Waals surface area (Å²) in [6.07, 6.45) is -2.86. The number of aliphatic hydroxyl groups is 3. The van der Waals surface area contributed by atoms with Gasteiger partial charge in [0.25, 0.3) is 0 Å². The van der Waals surface area contributed by atoms with Crippen LogP contribution in [-0.2, 0) is 9.47 Å². The van der Waals surface area contributed by atoms with E-state index in [1.54, 1.807) is 28.8 Å². The Kier molecular flexibility index (Phi) is 7.24. The van der Waals surface area contributed by atoms with E-state index in [4.69, 9.17) is 9.47 Å². The van der Waals surface area contributed by atoms with E-state index in [0.29, 0.717) is 10.6 Å². The number of carbonyl (C=O) groups excluding carboxylic acids is 1. The zero-order chi connectivity index (χ0) is 29.7. The highest BCUT2D eigenvalue weighted by molar-refractivity contribution is 7.20. The molecule has 1 aliphatic heterocycles. The molecule has 0 bridgehead atoms. The highest BCUT2D eigenvalue weighted by atomic mass is 32.1. The van der Waals surface area contributed by atoms with Crippen molar-refractivity contribution < 1.29 is 42.8 Å². The molecule has 6 rings (SSSR count). The molecule has 0 saturated carbocycles. The number of benzene rings is 2. The molecule has 218 valence electrons. The van der Waals surface area contributed by atoms with Crippen LogP contribution >= 0.6 is 11.3 Å². The third-order valence-corrected chi connectivity index (χ3v) is 8.06. The topological polar surface area (TPSA) is 158 Å². The third kappa shape index (κ3) is 4.72. The number of rotatable bonds is 6. The predicted octanol–water partition coefficient (Wildman–Crippen LogP) is 2.34. The summed E-state index contributed by atoms with van der Waals surface area (Å²) < 4.78 is 55.1. The molecule has 2 aromatic carbocycles. The SMILES string of the molecule is COC(=O)c1cc2ccc(-n3cnnc3[C@@H]3O[C@H](CO)[C@H](O)[C@H](n4cc(-c5cc(F)c(F)c(F)c5)nn4)[C@H]3O)cc2s1. The van der Waals surface area contributed by atoms with Crippen LogP contribution < -0.4 is 0 Å². The molecule has 42 heavy (non-hydrogen) atoms. The Hall–Kier alpha value is -4.22. The zero-order valence-electron chi connectivity index (χ0n) is 21.5. The predicted molar refractivity (Wildman–Crippen MR) is 139 cm³/mol. The maximum atomic E-state index is 13.8. The minimum Gasteiger partial charge on any atom is -0.465 e. The van der Waals surface area contributed by atoms with Crippen molar-refractivity contribution in [3.63, 3.8) is 0 Å². The third-order valence-electron chi connectivity index (χ3n) is 6.98. The van der Waals surface area contributed by atoms with Crippen LogP contribution in [0.4, 0.5) is 13.2 Å². The van der Waals surface area contributed by atoms with Crippen molar-refractivity contribution in [3.8, 4) is 16.9 Å². The summed E-state index contributed by atoms with van der Waals surface area (Å²) in [5, 5.41) is 49.0. The van der Waals surface area contributed by atoms with E-state index in [0.717, 1.165) is 26.9 Å². The number of esters is 1. The molecule has 1 aliphatic rings. The summed E-state index contributed by atoms with van der Waals surface area (Å²) in [4.78, 5) is 12.4. The van der Waals surface area contributed by atoms with Gasteiger partial charge in [-0.3, -0.25) is 4.57 Å². The molecule has 0 spiro atoms. The standard InChI is InChI=1S/C26H21F3N6O6S/c1-40-26(39)19-6-11-2-3-13(7-18(11)42-19)34-10-30-32-25(34)24-23(38)21(22(37)17(9-36)41-24)35-8-16(31-33-35)12-4-14(27)20(29)15(28)5-12/h2-8,10,17,21-24,36-38H,9H2,1H3/t17-,21+,22+,23-,24-/m1/s1. The van der Waals surface area contributed by atoms with Crippen molar-refractivity contribution in [2.24, 2.45) is 0 Å². The fourth-order valence-corrected chi connectivity index (χ4v) is 5.91. The van der Waals surface area contributed by atoms with Crippen LogP contribution in [0.2, 0.25) is 0 Å². The Labute approximate surface area is 238 Å². The van der Waals surface area contributed by atoms with Gasteiger partial charge in [-0.1, -0.05) is 11.3 Å². The Morgan fingerprint density at radius 1 is 1.10 bits per heavy atom. The molecule has 3 aromatic heterocycles. The first-order chi connectivity index (χ1) is 20.2. The molecule has 0 amide bonds. The fraction of sp³-hybridized carbons (Fsp3) is 0.269. The maximum absolute atomic E-state index is 13.8. The maximum Gasteiger partial charge on any atom is 0.348 e. The van der Waals surface area contributed by atoms with Gasteiger partial charge in [0.1, 0.15) is 47.4 Å². The molecule has 12 nitrogen and oxygen atoms in total. The van der Waals surface area contributed by atoms with Crippen molar-refractivity contribution in [3.05, 3.63) is 77.1 Å². The number of hydrogen-bond donors (Lipinski definition) is 3. The number of hydrogen-bond acceptors (Lipinski definition) is 11. The Bertz CT molecular complexity index is 1770. The van der Waals surface area contributed by atoms with E-state index >= 15 is 0 Å². The zero-order valence-corrected chi connectivity index (χ0v) is 22.3. The molecule has 0 radical (unpaired) electrons. The summed E-state index contributed by atoms with van der Waals surface area (Å²) in [6.45, 7) is -0.636. The van der Waals surface area contributed by atoms with Gasteiger partial charge in [-0.25, -0.2) is 22.6 Å². The fourth-order valence-electron chi connectivity index (χ4n) is 4.89. The summed E-state index contributed by atoms with van der Waals surface area (Å²) in [6, 6.07) is 7.25. The van der Waals surface area contributed by atoms with Gasteiger partial charge in [-0.2, -0.15) is 0 Å².